The fourth-order valence-electron chi connectivity index (χ4n) is 1.51. The summed E-state index contributed by atoms with van der Waals surface area (Å²) in [6.45, 7) is 3.51. The van der Waals surface area contributed by atoms with Crippen molar-refractivity contribution in [3.8, 4) is 0 Å². The Morgan fingerprint density at radius 3 is 2.55 bits per heavy atom. The second-order valence-corrected chi connectivity index (χ2v) is 5.68. The Kier molecular flexibility index (Phi) is 8.07. The number of rotatable bonds is 5. The van der Waals surface area contributed by atoms with E-state index in [0.717, 1.165) is 14.8 Å². The van der Waals surface area contributed by atoms with Crippen LogP contribution < -0.4 is 5.32 Å². The molecular weight excluding hydrogens is 395 g/mol. The summed E-state index contributed by atoms with van der Waals surface area (Å²) in [4.78, 5) is 24.1. The number of aryl methyl sites for hydroxylation is 1. The fraction of sp³-hybridized carbons (Fsp3) is 0.385. The number of benzene rings is 1. The van der Waals surface area contributed by atoms with Crippen molar-refractivity contribution in [3.63, 3.8) is 0 Å². The highest BCUT2D eigenvalue weighted by molar-refractivity contribution is 14.1. The molecule has 0 aromatic heterocycles. The van der Waals surface area contributed by atoms with Crippen LogP contribution in [0.2, 0.25) is 0 Å². The van der Waals surface area contributed by atoms with Gasteiger partial charge >= 0.3 is 5.97 Å². The molecule has 20 heavy (non-hydrogen) atoms. The molecule has 0 aliphatic rings. The van der Waals surface area contributed by atoms with E-state index in [1.165, 1.54) is 4.90 Å². The minimum atomic E-state index is -0.944. The maximum atomic E-state index is 11.8. The molecule has 2 N–H and O–H groups in total. The van der Waals surface area contributed by atoms with Crippen LogP contribution in [0.15, 0.2) is 18.2 Å². The van der Waals surface area contributed by atoms with Crippen LogP contribution in [0.25, 0.3) is 0 Å². The van der Waals surface area contributed by atoms with Crippen LogP contribution in [0, 0.1) is 10.5 Å². The molecule has 0 aliphatic heterocycles. The van der Waals surface area contributed by atoms with Crippen LogP contribution in [-0.2, 0) is 9.59 Å². The molecule has 1 rings (SSSR count). The summed E-state index contributed by atoms with van der Waals surface area (Å²) < 4.78 is 1.10. The molecule has 0 aliphatic carbocycles. The van der Waals surface area contributed by atoms with Crippen molar-refractivity contribution < 1.29 is 14.7 Å². The summed E-state index contributed by atoms with van der Waals surface area (Å²) in [5.74, 6) is -1.17. The van der Waals surface area contributed by atoms with Crippen LogP contribution in [0.4, 0.5) is 5.69 Å². The number of carboxylic acids is 1. The lowest BCUT2D eigenvalue weighted by molar-refractivity contribution is -0.142. The van der Waals surface area contributed by atoms with E-state index in [9.17, 15) is 9.59 Å². The molecule has 1 atom stereocenters. The molecule has 0 fully saturated rings. The monoisotopic (exact) mass is 412 g/mol. The number of carbonyl (C=O) groups is 2. The number of carbonyl (C=O) groups excluding carboxylic acids is 1. The summed E-state index contributed by atoms with van der Waals surface area (Å²) in [6, 6.07) is 5.03. The summed E-state index contributed by atoms with van der Waals surface area (Å²) in [7, 11) is 1.61. The number of aliphatic carboxylic acids is 1. The first-order valence-electron chi connectivity index (χ1n) is 5.80. The predicted octanol–water partition coefficient (Wildman–Crippen LogP) is 2.36. The lowest BCUT2D eigenvalue weighted by atomic mass is 10.2. The molecule has 0 bridgehead atoms. The number of amides is 1. The number of halogens is 2. The second kappa shape index (κ2) is 8.43. The summed E-state index contributed by atoms with van der Waals surface area (Å²) in [6.07, 6.45) is 0. The van der Waals surface area contributed by atoms with Gasteiger partial charge in [0.1, 0.15) is 6.04 Å². The average Bonchev–Trinajstić information content (AvgIpc) is 2.31. The van der Waals surface area contributed by atoms with E-state index in [0.29, 0.717) is 0 Å². The molecule has 1 aromatic carbocycles. The van der Waals surface area contributed by atoms with Crippen LogP contribution in [-0.4, -0.2) is 41.5 Å². The molecule has 0 saturated heterocycles. The number of anilines is 1. The fourth-order valence-corrected chi connectivity index (χ4v) is 2.16. The van der Waals surface area contributed by atoms with Crippen molar-refractivity contribution in [2.75, 3.05) is 18.9 Å². The molecule has 0 saturated carbocycles. The summed E-state index contributed by atoms with van der Waals surface area (Å²) in [5.41, 5.74) is 1.73. The summed E-state index contributed by atoms with van der Waals surface area (Å²) >= 11 is 2.21. The average molecular weight is 413 g/mol. The topological polar surface area (TPSA) is 69.6 Å². The van der Waals surface area contributed by atoms with Crippen molar-refractivity contribution in [1.82, 2.24) is 4.90 Å². The zero-order valence-electron chi connectivity index (χ0n) is 11.5. The lowest BCUT2D eigenvalue weighted by Crippen LogP contribution is -2.40. The van der Waals surface area contributed by atoms with Gasteiger partial charge in [-0.1, -0.05) is 0 Å². The smallest absolute Gasteiger partial charge is 0.320 e. The van der Waals surface area contributed by atoms with Gasteiger partial charge in [0.05, 0.1) is 6.54 Å². The molecule has 7 heteroatoms. The third-order valence-corrected chi connectivity index (χ3v) is 3.55. The van der Waals surface area contributed by atoms with Gasteiger partial charge in [-0.15, -0.1) is 12.4 Å². The van der Waals surface area contributed by atoms with E-state index >= 15 is 0 Å². The van der Waals surface area contributed by atoms with E-state index in [1.54, 1.807) is 14.0 Å². The third-order valence-electron chi connectivity index (χ3n) is 2.87. The van der Waals surface area contributed by atoms with E-state index in [2.05, 4.69) is 27.9 Å². The molecule has 112 valence electrons. The minimum Gasteiger partial charge on any atom is -0.480 e. The Morgan fingerprint density at radius 1 is 1.45 bits per heavy atom. The standard InChI is InChI=1S/C13H17IN2O3.ClH/c1-8-6-10(14)4-5-11(8)15-12(17)7-16(3)9(2)13(18)19;/h4-6,9H,7H2,1-3H3,(H,15,17)(H,18,19);1H. The molecular formula is C13H18ClIN2O3. The van der Waals surface area contributed by atoms with Crippen molar-refractivity contribution in [1.29, 1.82) is 0 Å². The van der Waals surface area contributed by atoms with Crippen molar-refractivity contribution >= 4 is 52.6 Å². The molecule has 1 amide bonds. The molecule has 1 aromatic rings. The highest BCUT2D eigenvalue weighted by Gasteiger charge is 2.19. The first-order chi connectivity index (χ1) is 8.81. The van der Waals surface area contributed by atoms with Gasteiger partial charge in [-0.05, 0) is 67.2 Å². The first-order valence-corrected chi connectivity index (χ1v) is 6.88. The van der Waals surface area contributed by atoms with Crippen molar-refractivity contribution in [2.45, 2.75) is 19.9 Å². The Balaban J connectivity index is 0.00000361. The van der Waals surface area contributed by atoms with Crippen LogP contribution in [0.1, 0.15) is 12.5 Å². The Morgan fingerprint density at radius 2 is 2.05 bits per heavy atom. The lowest BCUT2D eigenvalue weighted by Gasteiger charge is -2.20. The van der Waals surface area contributed by atoms with Gasteiger partial charge in [0, 0.05) is 9.26 Å². The maximum Gasteiger partial charge on any atom is 0.320 e. The zero-order valence-corrected chi connectivity index (χ0v) is 14.5. The molecule has 0 radical (unpaired) electrons. The first kappa shape index (κ1) is 19.1. The molecule has 0 heterocycles. The van der Waals surface area contributed by atoms with Gasteiger partial charge in [0.25, 0.3) is 0 Å². The number of nitrogens with one attached hydrogen (secondary N) is 1. The van der Waals surface area contributed by atoms with Gasteiger partial charge in [-0.25, -0.2) is 0 Å². The second-order valence-electron chi connectivity index (χ2n) is 4.44. The van der Waals surface area contributed by atoms with E-state index in [-0.39, 0.29) is 24.9 Å². The minimum absolute atomic E-state index is 0. The molecule has 0 spiro atoms. The SMILES string of the molecule is Cc1cc(I)ccc1NC(=O)CN(C)C(C)C(=O)O.Cl. The maximum absolute atomic E-state index is 11.8. The van der Waals surface area contributed by atoms with Gasteiger partial charge in [-0.3, -0.25) is 14.5 Å². The highest BCUT2D eigenvalue weighted by Crippen LogP contribution is 2.17. The highest BCUT2D eigenvalue weighted by atomic mass is 127. The Bertz CT molecular complexity index is 497. The van der Waals surface area contributed by atoms with Gasteiger partial charge in [0.15, 0.2) is 0 Å². The Hall–Kier alpha value is -0.860. The van der Waals surface area contributed by atoms with Gasteiger partial charge in [0.2, 0.25) is 5.91 Å². The summed E-state index contributed by atoms with van der Waals surface area (Å²) in [5, 5.41) is 11.6. The number of nitrogens with zero attached hydrogens (tertiary/aromatic N) is 1. The Labute approximate surface area is 138 Å². The van der Waals surface area contributed by atoms with Gasteiger partial charge in [-0.2, -0.15) is 0 Å². The normalized spacial score (nSPS) is 11.7. The van der Waals surface area contributed by atoms with Crippen LogP contribution >= 0.6 is 35.0 Å². The van der Waals surface area contributed by atoms with Crippen LogP contribution in [0.3, 0.4) is 0 Å². The number of likely N-dealkylation sites (N-methyl/N-ethyl adjacent to an activating group) is 1. The number of carboxylic acid groups (broad SMARTS) is 1. The van der Waals surface area contributed by atoms with Crippen molar-refractivity contribution in [3.05, 3.63) is 27.3 Å². The zero-order chi connectivity index (χ0) is 14.6. The largest absolute Gasteiger partial charge is 0.480 e. The van der Waals surface area contributed by atoms with E-state index < -0.39 is 12.0 Å². The van der Waals surface area contributed by atoms with E-state index in [4.69, 9.17) is 5.11 Å². The van der Waals surface area contributed by atoms with E-state index in [1.807, 2.05) is 25.1 Å². The van der Waals surface area contributed by atoms with Crippen molar-refractivity contribution in [2.24, 2.45) is 0 Å². The van der Waals surface area contributed by atoms with Crippen LogP contribution in [0.5, 0.6) is 0 Å². The van der Waals surface area contributed by atoms with Gasteiger partial charge < -0.3 is 10.4 Å². The number of hydrogen-bond acceptors (Lipinski definition) is 3. The molecule has 1 unspecified atom stereocenters. The number of hydrogen-bond donors (Lipinski definition) is 2. The predicted molar refractivity (Wildman–Crippen MR) is 89.5 cm³/mol. The quantitative estimate of drug-likeness (QED) is 0.729. The third kappa shape index (κ3) is 5.64. The molecule has 5 nitrogen and oxygen atoms in total.